The number of furan rings is 1. The molecule has 0 radical (unpaired) electrons. The summed E-state index contributed by atoms with van der Waals surface area (Å²) in [5.41, 5.74) is 0.780. The number of H-pyrrole nitrogens is 2. The van der Waals surface area contributed by atoms with E-state index in [9.17, 15) is 14.4 Å². The van der Waals surface area contributed by atoms with Crippen LogP contribution in [-0.2, 0) is 6.54 Å². The van der Waals surface area contributed by atoms with E-state index in [-0.39, 0.29) is 5.91 Å². The van der Waals surface area contributed by atoms with E-state index in [4.69, 9.17) is 4.42 Å². The molecule has 0 unspecified atom stereocenters. The van der Waals surface area contributed by atoms with Crippen LogP contribution >= 0.6 is 0 Å². The predicted molar refractivity (Wildman–Crippen MR) is 102 cm³/mol. The van der Waals surface area contributed by atoms with Crippen LogP contribution < -0.4 is 11.2 Å². The maximum absolute atomic E-state index is 12.9. The number of benzene rings is 1. The van der Waals surface area contributed by atoms with Gasteiger partial charge < -0.3 is 14.3 Å². The Morgan fingerprint density at radius 3 is 2.52 bits per heavy atom. The molecule has 0 saturated carbocycles. The Kier molecular flexibility index (Phi) is 5.12. The first kappa shape index (κ1) is 18.4. The van der Waals surface area contributed by atoms with Crippen molar-refractivity contribution in [1.82, 2.24) is 14.9 Å². The summed E-state index contributed by atoms with van der Waals surface area (Å²) in [4.78, 5) is 43.0. The average molecular weight is 367 g/mol. The van der Waals surface area contributed by atoms with E-state index in [1.165, 1.54) is 0 Å². The van der Waals surface area contributed by atoms with Gasteiger partial charge in [0.2, 0.25) is 0 Å². The largest absolute Gasteiger partial charge is 0.464 e. The highest BCUT2D eigenvalue weighted by atomic mass is 16.3. The van der Waals surface area contributed by atoms with Crippen molar-refractivity contribution in [3.05, 3.63) is 80.0 Å². The van der Waals surface area contributed by atoms with Crippen LogP contribution in [0.3, 0.4) is 0 Å². The SMILES string of the molecule is CCN(Cc1ccc(C)o1)C(=O)c1cccc(-c2c(C)[nH]c(=O)[nH]c2=O)c1. The first-order valence-corrected chi connectivity index (χ1v) is 8.67. The lowest BCUT2D eigenvalue weighted by Crippen LogP contribution is -2.30. The third-order valence-corrected chi connectivity index (χ3v) is 4.34. The number of aromatic nitrogens is 2. The van der Waals surface area contributed by atoms with Gasteiger partial charge in [0, 0.05) is 17.8 Å². The van der Waals surface area contributed by atoms with E-state index >= 15 is 0 Å². The Labute approximate surface area is 155 Å². The van der Waals surface area contributed by atoms with Crippen molar-refractivity contribution in [3.63, 3.8) is 0 Å². The van der Waals surface area contributed by atoms with E-state index in [2.05, 4.69) is 9.97 Å². The molecule has 0 saturated heterocycles. The smallest absolute Gasteiger partial charge is 0.325 e. The molecule has 7 nitrogen and oxygen atoms in total. The Morgan fingerprint density at radius 1 is 1.11 bits per heavy atom. The second kappa shape index (κ2) is 7.49. The number of rotatable bonds is 5. The van der Waals surface area contributed by atoms with Crippen LogP contribution in [0.2, 0.25) is 0 Å². The number of carbonyl (C=O) groups excluding carboxylic acids is 1. The standard InChI is InChI=1S/C20H21N3O4/c1-4-23(11-16-9-8-12(2)27-16)19(25)15-7-5-6-14(10-15)17-13(3)21-20(26)22-18(17)24/h5-10H,4,11H2,1-3H3,(H2,21,22,24,26). The second-order valence-corrected chi connectivity index (χ2v) is 6.32. The molecule has 2 heterocycles. The van der Waals surface area contributed by atoms with Gasteiger partial charge in [0.25, 0.3) is 11.5 Å². The number of aromatic amines is 2. The topological polar surface area (TPSA) is 99.2 Å². The molecule has 0 aliphatic rings. The highest BCUT2D eigenvalue weighted by Crippen LogP contribution is 2.20. The van der Waals surface area contributed by atoms with Crippen molar-refractivity contribution in [2.24, 2.45) is 0 Å². The first-order valence-electron chi connectivity index (χ1n) is 8.67. The highest BCUT2D eigenvalue weighted by Gasteiger charge is 2.18. The van der Waals surface area contributed by atoms with Crippen molar-refractivity contribution < 1.29 is 9.21 Å². The van der Waals surface area contributed by atoms with Crippen molar-refractivity contribution >= 4 is 5.91 Å². The van der Waals surface area contributed by atoms with Crippen LogP contribution in [0.5, 0.6) is 0 Å². The van der Waals surface area contributed by atoms with E-state index in [1.807, 2.05) is 26.0 Å². The highest BCUT2D eigenvalue weighted by molar-refractivity contribution is 5.95. The summed E-state index contributed by atoms with van der Waals surface area (Å²) in [6, 6.07) is 10.5. The van der Waals surface area contributed by atoms with Crippen LogP contribution in [-0.4, -0.2) is 27.3 Å². The molecular formula is C20H21N3O4. The Hall–Kier alpha value is -3.35. The molecule has 1 aromatic carbocycles. The number of carbonyl (C=O) groups is 1. The summed E-state index contributed by atoms with van der Waals surface area (Å²) < 4.78 is 5.56. The summed E-state index contributed by atoms with van der Waals surface area (Å²) in [6.07, 6.45) is 0. The Morgan fingerprint density at radius 2 is 1.89 bits per heavy atom. The minimum absolute atomic E-state index is 0.160. The summed E-state index contributed by atoms with van der Waals surface area (Å²) in [5.74, 6) is 1.35. The minimum atomic E-state index is -0.556. The average Bonchev–Trinajstić information content (AvgIpc) is 3.03. The summed E-state index contributed by atoms with van der Waals surface area (Å²) >= 11 is 0. The van der Waals surface area contributed by atoms with Gasteiger partial charge in [-0.1, -0.05) is 12.1 Å². The van der Waals surface area contributed by atoms with Gasteiger partial charge >= 0.3 is 5.69 Å². The van der Waals surface area contributed by atoms with Gasteiger partial charge in [0.05, 0.1) is 12.1 Å². The molecule has 0 spiro atoms. The van der Waals surface area contributed by atoms with Gasteiger partial charge in [-0.2, -0.15) is 0 Å². The molecule has 2 N–H and O–H groups in total. The van der Waals surface area contributed by atoms with E-state index in [0.29, 0.717) is 41.2 Å². The first-order chi connectivity index (χ1) is 12.9. The van der Waals surface area contributed by atoms with Gasteiger partial charge in [0.1, 0.15) is 11.5 Å². The molecule has 0 aliphatic heterocycles. The Balaban J connectivity index is 1.94. The fraction of sp³-hybridized carbons (Fsp3) is 0.250. The van der Waals surface area contributed by atoms with Crippen LogP contribution in [0, 0.1) is 13.8 Å². The molecule has 7 heteroatoms. The molecular weight excluding hydrogens is 346 g/mol. The lowest BCUT2D eigenvalue weighted by atomic mass is 10.0. The van der Waals surface area contributed by atoms with E-state index < -0.39 is 11.2 Å². The number of aryl methyl sites for hydroxylation is 2. The van der Waals surface area contributed by atoms with Gasteiger partial charge in [-0.3, -0.25) is 14.6 Å². The monoisotopic (exact) mass is 367 g/mol. The molecule has 0 atom stereocenters. The van der Waals surface area contributed by atoms with Crippen LogP contribution in [0.25, 0.3) is 11.1 Å². The number of amides is 1. The van der Waals surface area contributed by atoms with Crippen molar-refractivity contribution in [2.75, 3.05) is 6.54 Å². The fourth-order valence-corrected chi connectivity index (χ4v) is 3.02. The van der Waals surface area contributed by atoms with E-state index in [0.717, 1.165) is 5.76 Å². The van der Waals surface area contributed by atoms with Crippen molar-refractivity contribution in [3.8, 4) is 11.1 Å². The van der Waals surface area contributed by atoms with Crippen LogP contribution in [0.4, 0.5) is 0 Å². The molecule has 1 amide bonds. The predicted octanol–water partition coefficient (Wildman–Crippen LogP) is 2.60. The molecule has 0 aliphatic carbocycles. The third kappa shape index (κ3) is 3.92. The van der Waals surface area contributed by atoms with Crippen LogP contribution in [0.1, 0.15) is 34.5 Å². The zero-order valence-corrected chi connectivity index (χ0v) is 15.5. The molecule has 27 heavy (non-hydrogen) atoms. The van der Waals surface area contributed by atoms with Crippen molar-refractivity contribution in [2.45, 2.75) is 27.3 Å². The number of hydrogen-bond acceptors (Lipinski definition) is 4. The van der Waals surface area contributed by atoms with Gasteiger partial charge in [-0.25, -0.2) is 4.79 Å². The van der Waals surface area contributed by atoms with Gasteiger partial charge in [-0.15, -0.1) is 0 Å². The van der Waals surface area contributed by atoms with Gasteiger partial charge in [0.15, 0.2) is 0 Å². The maximum atomic E-state index is 12.9. The Bertz CT molecular complexity index is 1090. The molecule has 0 bridgehead atoms. The minimum Gasteiger partial charge on any atom is -0.464 e. The normalized spacial score (nSPS) is 10.8. The van der Waals surface area contributed by atoms with Gasteiger partial charge in [-0.05, 0) is 50.6 Å². The molecule has 3 rings (SSSR count). The lowest BCUT2D eigenvalue weighted by Gasteiger charge is -2.20. The molecule has 0 fully saturated rings. The maximum Gasteiger partial charge on any atom is 0.325 e. The second-order valence-electron chi connectivity index (χ2n) is 6.32. The number of nitrogens with one attached hydrogen (secondary N) is 2. The van der Waals surface area contributed by atoms with Crippen LogP contribution in [0.15, 0.2) is 50.4 Å². The zero-order chi connectivity index (χ0) is 19.6. The van der Waals surface area contributed by atoms with Crippen molar-refractivity contribution in [1.29, 1.82) is 0 Å². The number of hydrogen-bond donors (Lipinski definition) is 2. The fourth-order valence-electron chi connectivity index (χ4n) is 3.02. The summed E-state index contributed by atoms with van der Waals surface area (Å²) in [6.45, 7) is 6.29. The lowest BCUT2D eigenvalue weighted by molar-refractivity contribution is 0.0741. The quantitative estimate of drug-likeness (QED) is 0.724. The number of nitrogens with zero attached hydrogens (tertiary/aromatic N) is 1. The summed E-state index contributed by atoms with van der Waals surface area (Å²) in [5, 5.41) is 0. The summed E-state index contributed by atoms with van der Waals surface area (Å²) in [7, 11) is 0. The molecule has 2 aromatic heterocycles. The zero-order valence-electron chi connectivity index (χ0n) is 15.5. The van der Waals surface area contributed by atoms with E-state index in [1.54, 1.807) is 36.1 Å². The molecule has 3 aromatic rings. The molecule has 140 valence electrons. The third-order valence-electron chi connectivity index (χ3n) is 4.34.